The summed E-state index contributed by atoms with van der Waals surface area (Å²) in [7, 11) is 0. The van der Waals surface area contributed by atoms with Gasteiger partial charge in [0.2, 0.25) is 5.91 Å². The van der Waals surface area contributed by atoms with Gasteiger partial charge in [-0.05, 0) is 72.6 Å². The third-order valence-corrected chi connectivity index (χ3v) is 12.8. The number of benzene rings is 2. The number of hydrogen-bond acceptors (Lipinski definition) is 8. The molecule has 1 saturated heterocycles. The Morgan fingerprint density at radius 2 is 1.77 bits per heavy atom. The predicted molar refractivity (Wildman–Crippen MR) is 191 cm³/mol. The zero-order valence-corrected chi connectivity index (χ0v) is 30.4. The molecule has 3 N–H and O–H groups in total. The Hall–Kier alpha value is -3.90. The van der Waals surface area contributed by atoms with E-state index in [9.17, 15) is 29.4 Å². The summed E-state index contributed by atoms with van der Waals surface area (Å²) in [5.74, 6) is -4.53. The molecular formula is C42H47F2NO8. The van der Waals surface area contributed by atoms with E-state index in [2.05, 4.69) is 5.32 Å². The number of ether oxygens (including phenoxy) is 2. The minimum atomic E-state index is -2.26. The van der Waals surface area contributed by atoms with Gasteiger partial charge in [-0.3, -0.25) is 19.2 Å². The van der Waals surface area contributed by atoms with Crippen molar-refractivity contribution >= 4 is 28.9 Å². The zero-order valence-electron chi connectivity index (χ0n) is 30.4. The van der Waals surface area contributed by atoms with E-state index in [0.29, 0.717) is 17.7 Å². The van der Waals surface area contributed by atoms with Crippen LogP contribution in [0.15, 0.2) is 72.3 Å². The van der Waals surface area contributed by atoms with Gasteiger partial charge in [-0.2, -0.15) is 0 Å². The average Bonchev–Trinajstić information content (AvgIpc) is 3.62. The topological polar surface area (TPSA) is 139 Å². The van der Waals surface area contributed by atoms with Gasteiger partial charge in [-0.15, -0.1) is 0 Å². The summed E-state index contributed by atoms with van der Waals surface area (Å²) in [6, 6.07) is 15.0. The molecule has 7 rings (SSSR count). The van der Waals surface area contributed by atoms with E-state index >= 15 is 8.78 Å². The van der Waals surface area contributed by atoms with E-state index in [1.165, 1.54) is 12.2 Å². The van der Waals surface area contributed by atoms with Crippen molar-refractivity contribution in [1.82, 2.24) is 0 Å². The lowest BCUT2D eigenvalue weighted by molar-refractivity contribution is -0.223. The summed E-state index contributed by atoms with van der Waals surface area (Å²) < 4.78 is 46.0. The normalized spacial score (nSPS) is 36.2. The lowest BCUT2D eigenvalue weighted by Gasteiger charge is -2.59. The molecule has 1 heterocycles. The van der Waals surface area contributed by atoms with E-state index in [0.717, 1.165) is 17.2 Å². The maximum atomic E-state index is 17.3. The third-order valence-electron chi connectivity index (χ3n) is 12.8. The highest BCUT2D eigenvalue weighted by Crippen LogP contribution is 2.70. The Morgan fingerprint density at radius 3 is 2.47 bits per heavy atom. The van der Waals surface area contributed by atoms with Gasteiger partial charge in [0.1, 0.15) is 24.2 Å². The van der Waals surface area contributed by atoms with Crippen LogP contribution >= 0.6 is 0 Å². The van der Waals surface area contributed by atoms with Crippen LogP contribution in [0.2, 0.25) is 0 Å². The maximum absolute atomic E-state index is 17.3. The van der Waals surface area contributed by atoms with Crippen LogP contribution in [-0.4, -0.2) is 69.7 Å². The molecule has 3 saturated carbocycles. The SMILES string of the molecule is CC(C)C(=O)C[C@@H](C)C(=O)Nc1cccc(Cc2ccc(C3O[C@@H]4C[C@H]5[C@@H]6C[C@H](F)C7=CC(=O)C=CC7[C@@]6(F)[C@@H](O)C[C@]5(C)[C@]4(C(=O)CO)O3)cc2)c1. The molecule has 1 amide bonds. The Morgan fingerprint density at radius 1 is 1.04 bits per heavy atom. The number of allylic oxidation sites excluding steroid dienone is 4. The summed E-state index contributed by atoms with van der Waals surface area (Å²) >= 11 is 0. The highest BCUT2D eigenvalue weighted by atomic mass is 19.1. The number of aliphatic hydroxyl groups excluding tert-OH is 2. The first kappa shape index (κ1) is 37.4. The Bertz CT molecular complexity index is 1880. The van der Waals surface area contributed by atoms with Crippen molar-refractivity contribution in [2.24, 2.45) is 35.0 Å². The van der Waals surface area contributed by atoms with Gasteiger partial charge in [-0.25, -0.2) is 8.78 Å². The first-order chi connectivity index (χ1) is 25.1. The van der Waals surface area contributed by atoms with Gasteiger partial charge in [0.05, 0.1) is 12.2 Å². The van der Waals surface area contributed by atoms with Crippen molar-refractivity contribution in [1.29, 1.82) is 0 Å². The molecule has 2 unspecified atom stereocenters. The molecule has 282 valence electrons. The minimum absolute atomic E-state index is 0.0367. The highest BCUT2D eigenvalue weighted by Gasteiger charge is 2.78. The molecule has 4 aliphatic carbocycles. The number of rotatable bonds is 10. The number of anilines is 1. The Balaban J connectivity index is 1.07. The van der Waals surface area contributed by atoms with Crippen LogP contribution in [0, 0.1) is 35.0 Å². The standard InChI is InChI=1S/C42H47F2NO8/c1-22(2)34(48)14-23(3)38(51)45-27-7-5-6-25(16-27)15-24-8-10-26(11-9-24)39-52-37-19-31-32-18-33(43)29-17-28(47)12-13-30(29)41(32,44)35(49)20-40(31,4)42(37,53-39)36(50)21-46/h5-13,16-17,22-23,30-33,35,37,39,46,49H,14-15,18-21H2,1-4H3,(H,45,51)/t23-,30?,31+,32+,33+,35+,37-,39?,40+,41+,42-/m1/s1. The second-order valence-electron chi connectivity index (χ2n) is 16.2. The maximum Gasteiger partial charge on any atom is 0.227 e. The van der Waals surface area contributed by atoms with Crippen molar-refractivity contribution in [3.8, 4) is 0 Å². The van der Waals surface area contributed by atoms with E-state index in [4.69, 9.17) is 9.47 Å². The second kappa shape index (κ2) is 13.7. The van der Waals surface area contributed by atoms with Crippen LogP contribution in [0.3, 0.4) is 0 Å². The smallest absolute Gasteiger partial charge is 0.227 e. The summed E-state index contributed by atoms with van der Waals surface area (Å²) in [5, 5.41) is 24.7. The molecule has 0 spiro atoms. The number of Topliss-reactive ketones (excluding diaryl/α,β-unsaturated/α-hetero) is 2. The molecule has 0 aromatic heterocycles. The number of halogens is 2. The second-order valence-corrected chi connectivity index (χ2v) is 16.2. The molecular weight excluding hydrogens is 684 g/mol. The van der Waals surface area contributed by atoms with Gasteiger partial charge in [0.15, 0.2) is 23.5 Å². The number of alkyl halides is 2. The fourth-order valence-electron chi connectivity index (χ4n) is 9.98. The predicted octanol–water partition coefficient (Wildman–Crippen LogP) is 5.72. The number of amides is 1. The van der Waals surface area contributed by atoms with Gasteiger partial charge >= 0.3 is 0 Å². The van der Waals surface area contributed by atoms with E-state index < -0.39 is 83.2 Å². The van der Waals surface area contributed by atoms with Crippen LogP contribution in [0.4, 0.5) is 14.5 Å². The number of nitrogens with one attached hydrogen (secondary N) is 1. The molecule has 2 aromatic rings. The van der Waals surface area contributed by atoms with Crippen molar-refractivity contribution in [3.05, 3.63) is 89.0 Å². The number of hydrogen-bond donors (Lipinski definition) is 3. The molecule has 1 aliphatic heterocycles. The van der Waals surface area contributed by atoms with Gasteiger partial charge in [0.25, 0.3) is 0 Å². The number of fused-ring (bicyclic) bond motifs is 7. The molecule has 0 radical (unpaired) electrons. The monoisotopic (exact) mass is 731 g/mol. The van der Waals surface area contributed by atoms with Gasteiger partial charge < -0.3 is 25.0 Å². The van der Waals surface area contributed by atoms with Gasteiger partial charge in [-0.1, -0.05) is 70.2 Å². The van der Waals surface area contributed by atoms with E-state index in [1.54, 1.807) is 19.9 Å². The molecule has 2 aromatic carbocycles. The molecule has 0 bridgehead atoms. The molecule has 5 aliphatic rings. The molecule has 4 fully saturated rings. The van der Waals surface area contributed by atoms with Crippen LogP contribution < -0.4 is 5.32 Å². The van der Waals surface area contributed by atoms with Crippen molar-refractivity contribution in [3.63, 3.8) is 0 Å². The first-order valence-electron chi connectivity index (χ1n) is 18.6. The van der Waals surface area contributed by atoms with Gasteiger partial charge in [0, 0.05) is 46.8 Å². The van der Waals surface area contributed by atoms with E-state index in [-0.39, 0.29) is 48.9 Å². The summed E-state index contributed by atoms with van der Waals surface area (Å²) in [5.41, 5.74) is -1.95. The third kappa shape index (κ3) is 6.04. The highest BCUT2D eigenvalue weighted by molar-refractivity contribution is 6.01. The quantitative estimate of drug-likeness (QED) is 0.282. The first-order valence-corrected chi connectivity index (χ1v) is 18.6. The Labute approximate surface area is 307 Å². The van der Waals surface area contributed by atoms with Crippen LogP contribution in [0.25, 0.3) is 0 Å². The zero-order chi connectivity index (χ0) is 38.0. The molecule has 11 atom stereocenters. The fourth-order valence-corrected chi connectivity index (χ4v) is 9.98. The lowest BCUT2D eigenvalue weighted by atomic mass is 9.48. The number of aliphatic hydroxyl groups is 2. The van der Waals surface area contributed by atoms with Crippen molar-refractivity contribution in [2.75, 3.05) is 11.9 Å². The minimum Gasteiger partial charge on any atom is -0.390 e. The van der Waals surface area contributed by atoms with Crippen molar-refractivity contribution < 1.29 is 47.6 Å². The number of carbonyl (C=O) groups is 4. The summed E-state index contributed by atoms with van der Waals surface area (Å²) in [4.78, 5) is 50.7. The molecule has 11 heteroatoms. The number of ketones is 3. The average molecular weight is 732 g/mol. The molecule has 9 nitrogen and oxygen atoms in total. The van der Waals surface area contributed by atoms with Crippen molar-refractivity contribution in [2.45, 2.75) is 95.7 Å². The summed E-state index contributed by atoms with van der Waals surface area (Å²) in [6.07, 6.45) is -0.886. The largest absolute Gasteiger partial charge is 0.390 e. The lowest BCUT2D eigenvalue weighted by Crippen LogP contribution is -2.68. The fraction of sp³-hybridized carbons (Fsp3) is 0.524. The van der Waals surface area contributed by atoms with Crippen LogP contribution in [-0.2, 0) is 35.1 Å². The summed E-state index contributed by atoms with van der Waals surface area (Å²) in [6.45, 7) is 6.28. The number of carbonyl (C=O) groups excluding carboxylic acids is 4. The molecule has 53 heavy (non-hydrogen) atoms. The van der Waals surface area contributed by atoms with E-state index in [1.807, 2.05) is 56.3 Å². The Kier molecular flexibility index (Phi) is 9.71. The van der Waals surface area contributed by atoms with Crippen LogP contribution in [0.5, 0.6) is 0 Å². The van der Waals surface area contributed by atoms with Crippen LogP contribution in [0.1, 0.15) is 76.4 Å².